The molecule has 5 nitrogen and oxygen atoms in total. The van der Waals surface area contributed by atoms with E-state index in [1.165, 1.54) is 24.3 Å². The van der Waals surface area contributed by atoms with Crippen LogP contribution in [-0.2, 0) is 4.79 Å². The van der Waals surface area contributed by atoms with Crippen LogP contribution in [0.25, 0.3) is 22.2 Å². The topological polar surface area (TPSA) is 60.5 Å². The van der Waals surface area contributed by atoms with E-state index < -0.39 is 0 Å². The fourth-order valence-corrected chi connectivity index (χ4v) is 3.11. The van der Waals surface area contributed by atoms with Gasteiger partial charge in [0, 0.05) is 22.7 Å². The number of methoxy groups -OCH3 is 1. The van der Waals surface area contributed by atoms with Crippen molar-refractivity contribution in [3.05, 3.63) is 84.7 Å². The highest BCUT2D eigenvalue weighted by Gasteiger charge is 2.13. The van der Waals surface area contributed by atoms with Gasteiger partial charge in [-0.05, 0) is 36.4 Å². The zero-order chi connectivity index (χ0) is 20.9. The van der Waals surface area contributed by atoms with Crippen LogP contribution in [-0.4, -0.2) is 24.6 Å². The SMILES string of the molecule is COc1cccc2c(OCC(=O)Nc3ccc(F)cc3)cc(-c3ccccc3)nc12. The van der Waals surface area contributed by atoms with Crippen molar-refractivity contribution in [1.29, 1.82) is 0 Å². The monoisotopic (exact) mass is 402 g/mol. The Morgan fingerprint density at radius 1 is 0.967 bits per heavy atom. The van der Waals surface area contributed by atoms with E-state index in [0.717, 1.165) is 10.9 Å². The van der Waals surface area contributed by atoms with Crippen LogP contribution in [0.4, 0.5) is 10.1 Å². The van der Waals surface area contributed by atoms with Gasteiger partial charge < -0.3 is 14.8 Å². The van der Waals surface area contributed by atoms with Gasteiger partial charge in [-0.3, -0.25) is 4.79 Å². The Morgan fingerprint density at radius 3 is 2.47 bits per heavy atom. The van der Waals surface area contributed by atoms with Crippen molar-refractivity contribution in [1.82, 2.24) is 4.98 Å². The van der Waals surface area contributed by atoms with Crippen molar-refractivity contribution >= 4 is 22.5 Å². The minimum absolute atomic E-state index is 0.206. The van der Waals surface area contributed by atoms with Gasteiger partial charge in [0.15, 0.2) is 6.61 Å². The van der Waals surface area contributed by atoms with E-state index in [4.69, 9.17) is 14.5 Å². The fourth-order valence-electron chi connectivity index (χ4n) is 3.11. The molecule has 0 saturated heterocycles. The summed E-state index contributed by atoms with van der Waals surface area (Å²) in [5.41, 5.74) is 2.78. The lowest BCUT2D eigenvalue weighted by molar-refractivity contribution is -0.118. The number of halogens is 1. The molecule has 0 aliphatic heterocycles. The Hall–Kier alpha value is -3.93. The second kappa shape index (κ2) is 8.61. The Kier molecular flexibility index (Phi) is 5.57. The van der Waals surface area contributed by atoms with Crippen molar-refractivity contribution in [3.8, 4) is 22.8 Å². The third-order valence-corrected chi connectivity index (χ3v) is 4.54. The van der Waals surface area contributed by atoms with Crippen LogP contribution in [0, 0.1) is 5.82 Å². The van der Waals surface area contributed by atoms with Crippen LogP contribution in [0.3, 0.4) is 0 Å². The summed E-state index contributed by atoms with van der Waals surface area (Å²) in [6, 6.07) is 22.6. The molecule has 0 radical (unpaired) electrons. The van der Waals surface area contributed by atoms with E-state index in [2.05, 4.69) is 5.32 Å². The Morgan fingerprint density at radius 2 is 1.73 bits per heavy atom. The number of nitrogens with zero attached hydrogens (tertiary/aromatic N) is 1. The molecule has 1 amide bonds. The number of nitrogens with one attached hydrogen (secondary N) is 1. The minimum Gasteiger partial charge on any atom is -0.494 e. The highest BCUT2D eigenvalue weighted by molar-refractivity contribution is 5.94. The predicted octanol–water partition coefficient (Wildman–Crippen LogP) is 5.07. The van der Waals surface area contributed by atoms with Gasteiger partial charge in [-0.15, -0.1) is 0 Å². The smallest absolute Gasteiger partial charge is 0.262 e. The summed E-state index contributed by atoms with van der Waals surface area (Å²) in [4.78, 5) is 17.1. The van der Waals surface area contributed by atoms with E-state index in [0.29, 0.717) is 28.4 Å². The second-order valence-electron chi connectivity index (χ2n) is 6.57. The molecule has 0 saturated carbocycles. The number of fused-ring (bicyclic) bond motifs is 1. The molecule has 0 bridgehead atoms. The summed E-state index contributed by atoms with van der Waals surface area (Å²) in [7, 11) is 1.59. The highest BCUT2D eigenvalue weighted by Crippen LogP contribution is 2.34. The molecule has 1 aromatic heterocycles. The first-order chi connectivity index (χ1) is 14.6. The number of pyridine rings is 1. The van der Waals surface area contributed by atoms with E-state index in [1.807, 2.05) is 54.6 Å². The zero-order valence-corrected chi connectivity index (χ0v) is 16.3. The Balaban J connectivity index is 1.63. The Labute approximate surface area is 173 Å². The molecule has 0 aliphatic carbocycles. The van der Waals surface area contributed by atoms with E-state index >= 15 is 0 Å². The van der Waals surface area contributed by atoms with Gasteiger partial charge in [0.05, 0.1) is 12.8 Å². The second-order valence-corrected chi connectivity index (χ2v) is 6.57. The average molecular weight is 402 g/mol. The predicted molar refractivity (Wildman–Crippen MR) is 114 cm³/mol. The summed E-state index contributed by atoms with van der Waals surface area (Å²) < 4.78 is 24.3. The molecule has 4 aromatic rings. The van der Waals surface area contributed by atoms with Gasteiger partial charge in [-0.25, -0.2) is 9.37 Å². The average Bonchev–Trinajstić information content (AvgIpc) is 2.79. The van der Waals surface area contributed by atoms with Gasteiger partial charge in [0.2, 0.25) is 0 Å². The maximum Gasteiger partial charge on any atom is 0.262 e. The molecular formula is C24H19FN2O3. The number of ether oxygens (including phenoxy) is 2. The molecule has 0 aliphatic rings. The number of hydrogen-bond donors (Lipinski definition) is 1. The van der Waals surface area contributed by atoms with Crippen molar-refractivity contribution in [3.63, 3.8) is 0 Å². The molecule has 1 heterocycles. The molecule has 150 valence electrons. The molecule has 30 heavy (non-hydrogen) atoms. The molecule has 0 spiro atoms. The molecule has 4 rings (SSSR count). The minimum atomic E-state index is -0.366. The standard InChI is InChI=1S/C24H19FN2O3/c1-29-21-9-5-8-19-22(14-20(27-24(19)21)16-6-3-2-4-7-16)30-15-23(28)26-18-12-10-17(25)11-13-18/h2-14H,15H2,1H3,(H,26,28). The first-order valence-corrected chi connectivity index (χ1v) is 9.35. The molecular weight excluding hydrogens is 383 g/mol. The number of benzene rings is 3. The third kappa shape index (κ3) is 4.22. The van der Waals surface area contributed by atoms with Gasteiger partial charge in [0.1, 0.15) is 22.8 Å². The lowest BCUT2D eigenvalue weighted by Crippen LogP contribution is -2.20. The lowest BCUT2D eigenvalue weighted by Gasteiger charge is -2.13. The van der Waals surface area contributed by atoms with E-state index in [9.17, 15) is 9.18 Å². The molecule has 0 atom stereocenters. The lowest BCUT2D eigenvalue weighted by atomic mass is 10.1. The summed E-state index contributed by atoms with van der Waals surface area (Å²) in [5.74, 6) is 0.420. The molecule has 6 heteroatoms. The number of hydrogen-bond acceptors (Lipinski definition) is 4. The van der Waals surface area contributed by atoms with Gasteiger partial charge >= 0.3 is 0 Å². The first kappa shape index (κ1) is 19.4. The number of para-hydroxylation sites is 1. The quantitative estimate of drug-likeness (QED) is 0.489. The van der Waals surface area contributed by atoms with Gasteiger partial charge in [0.25, 0.3) is 5.91 Å². The summed E-state index contributed by atoms with van der Waals surface area (Å²) in [6.07, 6.45) is 0. The van der Waals surface area contributed by atoms with Crippen molar-refractivity contribution in [2.45, 2.75) is 0 Å². The molecule has 1 N–H and O–H groups in total. The number of aromatic nitrogens is 1. The van der Waals surface area contributed by atoms with Crippen molar-refractivity contribution in [2.24, 2.45) is 0 Å². The van der Waals surface area contributed by atoms with E-state index in [1.54, 1.807) is 7.11 Å². The summed E-state index contributed by atoms with van der Waals surface area (Å²) in [5, 5.41) is 3.42. The number of carbonyl (C=O) groups excluding carboxylic acids is 1. The van der Waals surface area contributed by atoms with Gasteiger partial charge in [-0.1, -0.05) is 36.4 Å². The Bertz CT molecular complexity index is 1180. The van der Waals surface area contributed by atoms with Crippen LogP contribution in [0.2, 0.25) is 0 Å². The number of anilines is 1. The highest BCUT2D eigenvalue weighted by atomic mass is 19.1. The zero-order valence-electron chi connectivity index (χ0n) is 16.3. The fraction of sp³-hybridized carbons (Fsp3) is 0.0833. The van der Waals surface area contributed by atoms with Crippen LogP contribution in [0.1, 0.15) is 0 Å². The molecule has 0 fully saturated rings. The maximum atomic E-state index is 13.0. The summed E-state index contributed by atoms with van der Waals surface area (Å²) in [6.45, 7) is -0.206. The normalized spacial score (nSPS) is 10.6. The summed E-state index contributed by atoms with van der Waals surface area (Å²) >= 11 is 0. The van der Waals surface area contributed by atoms with Gasteiger partial charge in [-0.2, -0.15) is 0 Å². The number of carbonyl (C=O) groups is 1. The number of rotatable bonds is 6. The molecule has 0 unspecified atom stereocenters. The first-order valence-electron chi connectivity index (χ1n) is 9.35. The van der Waals surface area contributed by atoms with Crippen molar-refractivity contribution < 1.29 is 18.7 Å². The van der Waals surface area contributed by atoms with Crippen LogP contribution >= 0.6 is 0 Å². The number of amides is 1. The molecule has 3 aromatic carbocycles. The van der Waals surface area contributed by atoms with Crippen LogP contribution in [0.15, 0.2) is 78.9 Å². The van der Waals surface area contributed by atoms with Crippen LogP contribution in [0.5, 0.6) is 11.5 Å². The third-order valence-electron chi connectivity index (χ3n) is 4.54. The maximum absolute atomic E-state index is 13.0. The largest absolute Gasteiger partial charge is 0.494 e. The van der Waals surface area contributed by atoms with E-state index in [-0.39, 0.29) is 18.3 Å². The van der Waals surface area contributed by atoms with Crippen LogP contribution < -0.4 is 14.8 Å². The van der Waals surface area contributed by atoms with Crippen molar-refractivity contribution in [2.75, 3.05) is 19.0 Å².